The van der Waals surface area contributed by atoms with Gasteiger partial charge in [-0.15, -0.1) is 0 Å². The van der Waals surface area contributed by atoms with Gasteiger partial charge in [0.15, 0.2) is 0 Å². The fourth-order valence-corrected chi connectivity index (χ4v) is 2.26. The second kappa shape index (κ2) is 5.53. The molecule has 0 spiro atoms. The van der Waals surface area contributed by atoms with Crippen LogP contribution in [0.15, 0.2) is 40.9 Å². The molecule has 0 bridgehead atoms. The minimum atomic E-state index is -0.379. The van der Waals surface area contributed by atoms with Crippen molar-refractivity contribution in [2.24, 2.45) is 0 Å². The number of carbonyl (C=O) groups excluding carboxylic acids is 1. The largest absolute Gasteiger partial charge is 0.322 e. The Morgan fingerprint density at radius 1 is 1.16 bits per heavy atom. The summed E-state index contributed by atoms with van der Waals surface area (Å²) >= 11 is 3.19. The molecule has 2 nitrogen and oxygen atoms in total. The van der Waals surface area contributed by atoms with E-state index in [0.717, 1.165) is 16.8 Å². The van der Waals surface area contributed by atoms with Gasteiger partial charge in [-0.3, -0.25) is 4.79 Å². The van der Waals surface area contributed by atoms with Crippen LogP contribution in [-0.4, -0.2) is 5.91 Å². The van der Waals surface area contributed by atoms with Crippen LogP contribution in [0, 0.1) is 19.7 Å². The lowest BCUT2D eigenvalue weighted by Crippen LogP contribution is -2.13. The molecule has 0 aromatic heterocycles. The van der Waals surface area contributed by atoms with Crippen molar-refractivity contribution in [3.8, 4) is 0 Å². The highest BCUT2D eigenvalue weighted by molar-refractivity contribution is 9.10. The fourth-order valence-electron chi connectivity index (χ4n) is 1.73. The highest BCUT2D eigenvalue weighted by atomic mass is 79.9. The van der Waals surface area contributed by atoms with E-state index in [1.165, 1.54) is 18.2 Å². The highest BCUT2D eigenvalue weighted by Gasteiger charge is 2.12. The van der Waals surface area contributed by atoms with Gasteiger partial charge >= 0.3 is 0 Å². The smallest absolute Gasteiger partial charge is 0.256 e. The van der Waals surface area contributed by atoms with Crippen molar-refractivity contribution >= 4 is 27.5 Å². The lowest BCUT2D eigenvalue weighted by atomic mass is 10.1. The Balaban J connectivity index is 2.28. The monoisotopic (exact) mass is 321 g/mol. The van der Waals surface area contributed by atoms with E-state index in [2.05, 4.69) is 21.2 Å². The molecule has 2 aromatic carbocycles. The number of rotatable bonds is 2. The number of anilines is 1. The molecule has 1 N–H and O–H groups in total. The van der Waals surface area contributed by atoms with Gasteiger partial charge in [0.25, 0.3) is 5.91 Å². The third-order valence-corrected chi connectivity index (χ3v) is 3.47. The standard InChI is InChI=1S/C15H13BrFNO/c1-9-3-4-10(2)14(7-9)18-15(19)12-6-5-11(17)8-13(12)16/h3-8H,1-2H3,(H,18,19). The van der Waals surface area contributed by atoms with Crippen LogP contribution >= 0.6 is 15.9 Å². The van der Waals surface area contributed by atoms with Crippen LogP contribution in [0.4, 0.5) is 10.1 Å². The van der Waals surface area contributed by atoms with Crippen molar-refractivity contribution in [3.05, 3.63) is 63.4 Å². The zero-order valence-corrected chi connectivity index (χ0v) is 12.2. The van der Waals surface area contributed by atoms with Gasteiger partial charge in [-0.05, 0) is 65.2 Å². The zero-order chi connectivity index (χ0) is 14.0. The Morgan fingerprint density at radius 3 is 2.58 bits per heavy atom. The molecule has 1 amide bonds. The molecule has 0 unspecified atom stereocenters. The van der Waals surface area contributed by atoms with Crippen LogP contribution in [0.3, 0.4) is 0 Å². The van der Waals surface area contributed by atoms with E-state index in [0.29, 0.717) is 10.0 Å². The van der Waals surface area contributed by atoms with Crippen LogP contribution in [0.1, 0.15) is 21.5 Å². The molecule has 0 atom stereocenters. The maximum atomic E-state index is 13.0. The molecule has 0 saturated heterocycles. The van der Waals surface area contributed by atoms with E-state index in [4.69, 9.17) is 0 Å². The number of aryl methyl sites for hydroxylation is 2. The maximum absolute atomic E-state index is 13.0. The summed E-state index contributed by atoms with van der Waals surface area (Å²) in [5.41, 5.74) is 3.22. The van der Waals surface area contributed by atoms with E-state index in [-0.39, 0.29) is 11.7 Å². The molecular weight excluding hydrogens is 309 g/mol. The van der Waals surface area contributed by atoms with Crippen molar-refractivity contribution in [1.82, 2.24) is 0 Å². The molecule has 0 radical (unpaired) electrons. The first-order valence-electron chi connectivity index (χ1n) is 5.81. The van der Waals surface area contributed by atoms with E-state index < -0.39 is 0 Å². The fraction of sp³-hybridized carbons (Fsp3) is 0.133. The SMILES string of the molecule is Cc1ccc(C)c(NC(=O)c2ccc(F)cc2Br)c1. The summed E-state index contributed by atoms with van der Waals surface area (Å²) in [6.45, 7) is 3.89. The highest BCUT2D eigenvalue weighted by Crippen LogP contribution is 2.21. The van der Waals surface area contributed by atoms with Crippen LogP contribution in [0.5, 0.6) is 0 Å². The van der Waals surface area contributed by atoms with E-state index >= 15 is 0 Å². The molecule has 4 heteroatoms. The molecule has 0 aliphatic heterocycles. The van der Waals surface area contributed by atoms with Gasteiger partial charge < -0.3 is 5.32 Å². The van der Waals surface area contributed by atoms with Gasteiger partial charge in [-0.25, -0.2) is 4.39 Å². The predicted octanol–water partition coefficient (Wildman–Crippen LogP) is 4.46. The number of halogens is 2. The first kappa shape index (κ1) is 13.7. The van der Waals surface area contributed by atoms with Crippen LogP contribution in [0.2, 0.25) is 0 Å². The zero-order valence-electron chi connectivity index (χ0n) is 10.6. The van der Waals surface area contributed by atoms with Gasteiger partial charge in [0.1, 0.15) is 5.82 Å². The molecule has 2 rings (SSSR count). The van der Waals surface area contributed by atoms with Gasteiger partial charge in [-0.2, -0.15) is 0 Å². The van der Waals surface area contributed by atoms with Gasteiger partial charge in [0.05, 0.1) is 5.56 Å². The van der Waals surface area contributed by atoms with Crippen molar-refractivity contribution in [1.29, 1.82) is 0 Å². The average Bonchev–Trinajstić information content (AvgIpc) is 2.33. The summed E-state index contributed by atoms with van der Waals surface area (Å²) in [6, 6.07) is 9.84. The quantitative estimate of drug-likeness (QED) is 0.869. The van der Waals surface area contributed by atoms with E-state index in [1.807, 2.05) is 32.0 Å². The van der Waals surface area contributed by atoms with E-state index in [1.54, 1.807) is 0 Å². The number of carbonyl (C=O) groups is 1. The molecule has 2 aromatic rings. The average molecular weight is 322 g/mol. The summed E-state index contributed by atoms with van der Waals surface area (Å²) in [4.78, 5) is 12.1. The van der Waals surface area contributed by atoms with Crippen molar-refractivity contribution < 1.29 is 9.18 Å². The van der Waals surface area contributed by atoms with Crippen LogP contribution in [0.25, 0.3) is 0 Å². The number of amides is 1. The summed E-state index contributed by atoms with van der Waals surface area (Å²) in [5, 5.41) is 2.84. The number of nitrogens with one attached hydrogen (secondary N) is 1. The van der Waals surface area contributed by atoms with Crippen LogP contribution in [-0.2, 0) is 0 Å². The first-order valence-corrected chi connectivity index (χ1v) is 6.60. The molecule has 0 aliphatic carbocycles. The minimum absolute atomic E-state index is 0.263. The molecule has 0 aliphatic rings. The van der Waals surface area contributed by atoms with Crippen molar-refractivity contribution in [3.63, 3.8) is 0 Å². The molecule has 0 saturated carbocycles. The summed E-state index contributed by atoms with van der Waals surface area (Å²) in [5.74, 6) is -0.643. The first-order chi connectivity index (χ1) is 8.97. The van der Waals surface area contributed by atoms with Crippen molar-refractivity contribution in [2.75, 3.05) is 5.32 Å². The second-order valence-electron chi connectivity index (χ2n) is 4.40. The maximum Gasteiger partial charge on any atom is 0.256 e. The Bertz CT molecular complexity index is 640. The normalized spacial score (nSPS) is 10.3. The molecular formula is C15H13BrFNO. The molecule has 19 heavy (non-hydrogen) atoms. The lowest BCUT2D eigenvalue weighted by Gasteiger charge is -2.10. The minimum Gasteiger partial charge on any atom is -0.322 e. The van der Waals surface area contributed by atoms with Gasteiger partial charge in [-0.1, -0.05) is 12.1 Å². The number of hydrogen-bond donors (Lipinski definition) is 1. The van der Waals surface area contributed by atoms with E-state index in [9.17, 15) is 9.18 Å². The predicted molar refractivity (Wildman–Crippen MR) is 78.0 cm³/mol. The number of benzene rings is 2. The molecule has 0 fully saturated rings. The summed E-state index contributed by atoms with van der Waals surface area (Å²) in [7, 11) is 0. The van der Waals surface area contributed by atoms with Gasteiger partial charge in [0.2, 0.25) is 0 Å². The Hall–Kier alpha value is -1.68. The Morgan fingerprint density at radius 2 is 1.89 bits per heavy atom. The third kappa shape index (κ3) is 3.20. The topological polar surface area (TPSA) is 29.1 Å². The number of hydrogen-bond acceptors (Lipinski definition) is 1. The third-order valence-electron chi connectivity index (χ3n) is 2.82. The van der Waals surface area contributed by atoms with Crippen LogP contribution < -0.4 is 5.32 Å². The molecule has 0 heterocycles. The van der Waals surface area contributed by atoms with Crippen molar-refractivity contribution in [2.45, 2.75) is 13.8 Å². The van der Waals surface area contributed by atoms with Gasteiger partial charge in [0, 0.05) is 10.2 Å². The Kier molecular flexibility index (Phi) is 4.00. The lowest BCUT2D eigenvalue weighted by molar-refractivity contribution is 0.102. The summed E-state index contributed by atoms with van der Waals surface area (Å²) < 4.78 is 13.4. The Labute approximate surface area is 119 Å². The molecule has 98 valence electrons. The summed E-state index contributed by atoms with van der Waals surface area (Å²) in [6.07, 6.45) is 0. The second-order valence-corrected chi connectivity index (χ2v) is 5.25.